The molecule has 0 spiro atoms. The zero-order chi connectivity index (χ0) is 8.48. The smallest absolute Gasteiger partial charge is 0.0722 e. The number of halogens is 1. The Kier molecular flexibility index (Phi) is 4.53. The predicted octanol–water partition coefficient (Wildman–Crippen LogP) is 1.57. The lowest BCUT2D eigenvalue weighted by atomic mass is 9.79. The number of piperidine rings is 1. The summed E-state index contributed by atoms with van der Waals surface area (Å²) in [5.74, 6) is 0.498. The zero-order valence-corrected chi connectivity index (χ0v) is 8.95. The molecular weight excluding hydrogens is 174 g/mol. The summed E-state index contributed by atoms with van der Waals surface area (Å²) in [6.45, 7) is 7.47. The lowest BCUT2D eigenvalue weighted by Crippen LogP contribution is -2.58. The van der Waals surface area contributed by atoms with Gasteiger partial charge in [-0.1, -0.05) is 13.8 Å². The highest BCUT2D eigenvalue weighted by atomic mass is 35.5. The van der Waals surface area contributed by atoms with E-state index in [1.54, 1.807) is 0 Å². The molecule has 74 valence electrons. The van der Waals surface area contributed by atoms with Gasteiger partial charge in [-0.15, -0.1) is 12.4 Å². The van der Waals surface area contributed by atoms with Crippen LogP contribution in [0.25, 0.3) is 0 Å². The molecule has 1 rings (SSSR count). The molecule has 2 unspecified atom stereocenters. The third-order valence-corrected chi connectivity index (χ3v) is 3.05. The van der Waals surface area contributed by atoms with Crippen molar-refractivity contribution in [1.29, 1.82) is 0 Å². The maximum absolute atomic E-state index is 9.74. The van der Waals surface area contributed by atoms with E-state index in [1.165, 1.54) is 0 Å². The predicted molar refractivity (Wildman–Crippen MR) is 53.7 cm³/mol. The van der Waals surface area contributed by atoms with Crippen molar-refractivity contribution in [3.63, 3.8) is 0 Å². The summed E-state index contributed by atoms with van der Waals surface area (Å²) in [5.41, 5.74) is -0.0573. The van der Waals surface area contributed by atoms with Gasteiger partial charge in [-0.05, 0) is 32.2 Å². The first kappa shape index (κ1) is 12.2. The highest BCUT2D eigenvalue weighted by Crippen LogP contribution is 2.26. The van der Waals surface area contributed by atoms with E-state index in [0.717, 1.165) is 19.4 Å². The number of rotatable bonds is 1. The largest absolute Gasteiger partial charge is 0.391 e. The van der Waals surface area contributed by atoms with Gasteiger partial charge in [0.2, 0.25) is 0 Å². The molecule has 1 aliphatic heterocycles. The van der Waals surface area contributed by atoms with Gasteiger partial charge < -0.3 is 10.4 Å². The number of hydrogen-bond acceptors (Lipinski definition) is 2. The van der Waals surface area contributed by atoms with Crippen LogP contribution in [0.3, 0.4) is 0 Å². The monoisotopic (exact) mass is 193 g/mol. The van der Waals surface area contributed by atoms with Crippen molar-refractivity contribution in [2.75, 3.05) is 6.54 Å². The van der Waals surface area contributed by atoms with Gasteiger partial charge in [-0.2, -0.15) is 0 Å². The SMILES string of the molecule is CC(C)C1(C)NCCCC1O.Cl. The van der Waals surface area contributed by atoms with Crippen molar-refractivity contribution in [3.8, 4) is 0 Å². The third kappa shape index (κ3) is 2.12. The van der Waals surface area contributed by atoms with Gasteiger partial charge in [0.25, 0.3) is 0 Å². The highest BCUT2D eigenvalue weighted by molar-refractivity contribution is 5.85. The molecule has 2 atom stereocenters. The van der Waals surface area contributed by atoms with Gasteiger partial charge in [0.1, 0.15) is 0 Å². The Morgan fingerprint density at radius 1 is 1.50 bits per heavy atom. The van der Waals surface area contributed by atoms with E-state index >= 15 is 0 Å². The van der Waals surface area contributed by atoms with Crippen LogP contribution in [-0.4, -0.2) is 23.3 Å². The first-order chi connectivity index (χ1) is 5.07. The molecule has 12 heavy (non-hydrogen) atoms. The second-order valence-corrected chi connectivity index (χ2v) is 4.02. The fourth-order valence-corrected chi connectivity index (χ4v) is 1.66. The van der Waals surface area contributed by atoms with E-state index in [-0.39, 0.29) is 24.0 Å². The van der Waals surface area contributed by atoms with Crippen LogP contribution in [0.5, 0.6) is 0 Å². The van der Waals surface area contributed by atoms with Gasteiger partial charge in [0, 0.05) is 5.54 Å². The fourth-order valence-electron chi connectivity index (χ4n) is 1.66. The van der Waals surface area contributed by atoms with Crippen LogP contribution in [0.1, 0.15) is 33.6 Å². The fraction of sp³-hybridized carbons (Fsp3) is 1.00. The Balaban J connectivity index is 0.00000121. The molecule has 0 aromatic heterocycles. The number of nitrogens with one attached hydrogen (secondary N) is 1. The summed E-state index contributed by atoms with van der Waals surface area (Å²) < 4.78 is 0. The minimum Gasteiger partial charge on any atom is -0.391 e. The normalized spacial score (nSPS) is 36.2. The molecule has 0 aromatic rings. The molecule has 1 saturated heterocycles. The van der Waals surface area contributed by atoms with E-state index in [9.17, 15) is 5.11 Å². The molecule has 0 radical (unpaired) electrons. The van der Waals surface area contributed by atoms with Crippen molar-refractivity contribution < 1.29 is 5.11 Å². The molecule has 0 amide bonds. The molecule has 2 nitrogen and oxygen atoms in total. The third-order valence-electron chi connectivity index (χ3n) is 3.05. The van der Waals surface area contributed by atoms with E-state index < -0.39 is 0 Å². The molecule has 1 aliphatic rings. The van der Waals surface area contributed by atoms with Gasteiger partial charge in [0.05, 0.1) is 6.10 Å². The lowest BCUT2D eigenvalue weighted by molar-refractivity contribution is 0.0137. The number of aliphatic hydroxyl groups excluding tert-OH is 1. The summed E-state index contributed by atoms with van der Waals surface area (Å²) in [5, 5.41) is 13.1. The van der Waals surface area contributed by atoms with Crippen molar-refractivity contribution >= 4 is 12.4 Å². The van der Waals surface area contributed by atoms with E-state index in [2.05, 4.69) is 26.1 Å². The molecular formula is C9H20ClNO. The Morgan fingerprint density at radius 2 is 2.08 bits per heavy atom. The minimum absolute atomic E-state index is 0. The molecule has 0 aromatic carbocycles. The second kappa shape index (κ2) is 4.45. The summed E-state index contributed by atoms with van der Waals surface area (Å²) >= 11 is 0. The first-order valence-corrected chi connectivity index (χ1v) is 4.50. The number of aliphatic hydroxyl groups is 1. The van der Waals surface area contributed by atoms with Crippen molar-refractivity contribution in [2.45, 2.75) is 45.3 Å². The summed E-state index contributed by atoms with van der Waals surface area (Å²) in [6, 6.07) is 0. The molecule has 3 heteroatoms. The minimum atomic E-state index is -0.170. The van der Waals surface area contributed by atoms with Gasteiger partial charge >= 0.3 is 0 Å². The molecule has 1 fully saturated rings. The molecule has 0 saturated carbocycles. The molecule has 2 N–H and O–H groups in total. The van der Waals surface area contributed by atoms with E-state index in [4.69, 9.17) is 0 Å². The number of hydrogen-bond donors (Lipinski definition) is 2. The van der Waals surface area contributed by atoms with E-state index in [1.807, 2.05) is 0 Å². The zero-order valence-electron chi connectivity index (χ0n) is 8.13. The van der Waals surface area contributed by atoms with Crippen LogP contribution in [0.4, 0.5) is 0 Å². The molecule has 1 heterocycles. The average Bonchev–Trinajstić information content (AvgIpc) is 1.95. The summed E-state index contributed by atoms with van der Waals surface area (Å²) in [7, 11) is 0. The second-order valence-electron chi connectivity index (χ2n) is 4.02. The van der Waals surface area contributed by atoms with Crippen LogP contribution in [-0.2, 0) is 0 Å². The first-order valence-electron chi connectivity index (χ1n) is 4.50. The van der Waals surface area contributed by atoms with Crippen LogP contribution in [0.15, 0.2) is 0 Å². The lowest BCUT2D eigenvalue weighted by Gasteiger charge is -2.42. The summed E-state index contributed by atoms with van der Waals surface area (Å²) in [6.07, 6.45) is 1.88. The Hall–Kier alpha value is 0.210. The van der Waals surface area contributed by atoms with E-state index in [0.29, 0.717) is 5.92 Å². The van der Waals surface area contributed by atoms with Crippen molar-refractivity contribution in [3.05, 3.63) is 0 Å². The molecule has 0 aliphatic carbocycles. The topological polar surface area (TPSA) is 32.3 Å². The van der Waals surface area contributed by atoms with Crippen LogP contribution in [0, 0.1) is 5.92 Å². The Morgan fingerprint density at radius 3 is 2.42 bits per heavy atom. The van der Waals surface area contributed by atoms with Gasteiger partial charge in [-0.25, -0.2) is 0 Å². The average molecular weight is 194 g/mol. The summed E-state index contributed by atoms with van der Waals surface area (Å²) in [4.78, 5) is 0. The maximum atomic E-state index is 9.74. The van der Waals surface area contributed by atoms with Crippen molar-refractivity contribution in [1.82, 2.24) is 5.32 Å². The highest BCUT2D eigenvalue weighted by Gasteiger charge is 2.37. The van der Waals surface area contributed by atoms with Crippen LogP contribution in [0.2, 0.25) is 0 Å². The quantitative estimate of drug-likeness (QED) is 0.663. The van der Waals surface area contributed by atoms with Crippen LogP contribution >= 0.6 is 12.4 Å². The van der Waals surface area contributed by atoms with Crippen molar-refractivity contribution in [2.24, 2.45) is 5.92 Å². The Labute approximate surface area is 81.2 Å². The maximum Gasteiger partial charge on any atom is 0.0722 e. The standard InChI is InChI=1S/C9H19NO.ClH/c1-7(2)9(3)8(11)5-4-6-10-9;/h7-8,10-11H,4-6H2,1-3H3;1H. The van der Waals surface area contributed by atoms with Gasteiger partial charge in [0.15, 0.2) is 0 Å². The molecule has 0 bridgehead atoms. The van der Waals surface area contributed by atoms with Gasteiger partial charge in [-0.3, -0.25) is 0 Å². The van der Waals surface area contributed by atoms with Crippen LogP contribution < -0.4 is 5.32 Å². The Bertz CT molecular complexity index is 140.